The van der Waals surface area contributed by atoms with Gasteiger partial charge in [-0.1, -0.05) is 19.9 Å². The number of nitrogens with zero attached hydrogens (tertiary/aromatic N) is 3. The van der Waals surface area contributed by atoms with Crippen molar-refractivity contribution in [2.24, 2.45) is 10.9 Å². The van der Waals surface area contributed by atoms with Crippen LogP contribution in [-0.2, 0) is 6.42 Å². The van der Waals surface area contributed by atoms with E-state index in [1.165, 1.54) is 6.42 Å². The SMILES string of the molecule is CCNC(=NCCc1cn2ccccc2n1)NC(C)CCC(C)C.I. The Balaban J connectivity index is 0.00000312. The minimum Gasteiger partial charge on any atom is -0.357 e. The lowest BCUT2D eigenvalue weighted by atomic mass is 10.0. The van der Waals surface area contributed by atoms with Crippen LogP contribution in [0.2, 0.25) is 0 Å². The third-order valence-corrected chi connectivity index (χ3v) is 3.96. The second-order valence-corrected chi connectivity index (χ2v) is 6.73. The van der Waals surface area contributed by atoms with Gasteiger partial charge in [-0.25, -0.2) is 4.98 Å². The monoisotopic (exact) mass is 457 g/mol. The van der Waals surface area contributed by atoms with E-state index in [9.17, 15) is 0 Å². The first kappa shape index (κ1) is 21.7. The molecule has 0 aliphatic rings. The Labute approximate surface area is 168 Å². The summed E-state index contributed by atoms with van der Waals surface area (Å²) in [6, 6.07) is 6.48. The van der Waals surface area contributed by atoms with Crippen molar-refractivity contribution >= 4 is 35.6 Å². The third-order valence-electron chi connectivity index (χ3n) is 3.96. The number of hydrogen-bond donors (Lipinski definition) is 2. The Hall–Kier alpha value is -1.31. The van der Waals surface area contributed by atoms with Crippen molar-refractivity contribution in [1.29, 1.82) is 0 Å². The normalized spacial score (nSPS) is 12.9. The predicted octanol–water partition coefficient (Wildman–Crippen LogP) is 3.87. The van der Waals surface area contributed by atoms with Gasteiger partial charge >= 0.3 is 0 Å². The van der Waals surface area contributed by atoms with E-state index in [-0.39, 0.29) is 24.0 Å². The second kappa shape index (κ2) is 11.3. The van der Waals surface area contributed by atoms with Crippen LogP contribution < -0.4 is 10.6 Å². The number of halogens is 1. The Bertz CT molecular complexity index is 617. The smallest absolute Gasteiger partial charge is 0.191 e. The molecule has 0 bridgehead atoms. The predicted molar refractivity (Wildman–Crippen MR) is 117 cm³/mol. The highest BCUT2D eigenvalue weighted by atomic mass is 127. The largest absolute Gasteiger partial charge is 0.357 e. The minimum absolute atomic E-state index is 0. The maximum absolute atomic E-state index is 4.69. The van der Waals surface area contributed by atoms with Crippen LogP contribution >= 0.6 is 24.0 Å². The number of rotatable bonds is 8. The van der Waals surface area contributed by atoms with Gasteiger partial charge in [-0.2, -0.15) is 0 Å². The van der Waals surface area contributed by atoms with Crippen LogP contribution in [0.4, 0.5) is 0 Å². The maximum Gasteiger partial charge on any atom is 0.191 e. The molecule has 0 aromatic carbocycles. The van der Waals surface area contributed by atoms with Crippen LogP contribution in [0.15, 0.2) is 35.6 Å². The van der Waals surface area contributed by atoms with E-state index in [1.807, 2.05) is 24.4 Å². The number of fused-ring (bicyclic) bond motifs is 1. The first-order chi connectivity index (χ1) is 11.6. The summed E-state index contributed by atoms with van der Waals surface area (Å²) in [5, 5.41) is 6.83. The first-order valence-corrected chi connectivity index (χ1v) is 9.06. The van der Waals surface area contributed by atoms with E-state index >= 15 is 0 Å². The quantitative estimate of drug-likeness (QED) is 0.360. The molecule has 0 aliphatic carbocycles. The lowest BCUT2D eigenvalue weighted by molar-refractivity contribution is 0.489. The summed E-state index contributed by atoms with van der Waals surface area (Å²) in [4.78, 5) is 9.31. The van der Waals surface area contributed by atoms with Crippen LogP contribution in [0.1, 0.15) is 46.2 Å². The third kappa shape index (κ3) is 7.63. The summed E-state index contributed by atoms with van der Waals surface area (Å²) in [5.74, 6) is 1.64. The molecule has 0 fully saturated rings. The topological polar surface area (TPSA) is 53.7 Å². The molecule has 25 heavy (non-hydrogen) atoms. The van der Waals surface area contributed by atoms with Gasteiger partial charge in [0.25, 0.3) is 0 Å². The highest BCUT2D eigenvalue weighted by molar-refractivity contribution is 14.0. The van der Waals surface area contributed by atoms with Crippen molar-refractivity contribution in [2.75, 3.05) is 13.1 Å². The number of hydrogen-bond acceptors (Lipinski definition) is 2. The summed E-state index contributed by atoms with van der Waals surface area (Å²) in [6.45, 7) is 10.4. The summed E-state index contributed by atoms with van der Waals surface area (Å²) in [6.07, 6.45) is 7.34. The lowest BCUT2D eigenvalue weighted by Gasteiger charge is -2.18. The molecular weight excluding hydrogens is 425 g/mol. The van der Waals surface area contributed by atoms with Gasteiger partial charge < -0.3 is 15.0 Å². The average Bonchev–Trinajstić information content (AvgIpc) is 2.95. The Morgan fingerprint density at radius 1 is 1.24 bits per heavy atom. The van der Waals surface area contributed by atoms with Crippen LogP contribution in [-0.4, -0.2) is 34.5 Å². The molecular formula is C19H32IN5. The number of aromatic nitrogens is 2. The molecule has 2 aromatic rings. The summed E-state index contributed by atoms with van der Waals surface area (Å²) < 4.78 is 2.05. The zero-order valence-electron chi connectivity index (χ0n) is 15.8. The fraction of sp³-hybridized carbons (Fsp3) is 0.579. The lowest BCUT2D eigenvalue weighted by Crippen LogP contribution is -2.42. The maximum atomic E-state index is 4.69. The second-order valence-electron chi connectivity index (χ2n) is 6.73. The Morgan fingerprint density at radius 3 is 2.72 bits per heavy atom. The van der Waals surface area contributed by atoms with Gasteiger partial charge in [-0.15, -0.1) is 24.0 Å². The summed E-state index contributed by atoms with van der Waals surface area (Å²) >= 11 is 0. The van der Waals surface area contributed by atoms with E-state index < -0.39 is 0 Å². The van der Waals surface area contributed by atoms with Crippen molar-refractivity contribution in [3.8, 4) is 0 Å². The number of pyridine rings is 1. The van der Waals surface area contributed by atoms with Crippen molar-refractivity contribution < 1.29 is 0 Å². The molecule has 2 heterocycles. The highest BCUT2D eigenvalue weighted by Gasteiger charge is 2.06. The summed E-state index contributed by atoms with van der Waals surface area (Å²) in [7, 11) is 0. The van der Waals surface area contributed by atoms with Crippen molar-refractivity contribution in [3.05, 3.63) is 36.3 Å². The molecule has 1 unspecified atom stereocenters. The molecule has 0 saturated carbocycles. The van der Waals surface area contributed by atoms with E-state index in [0.29, 0.717) is 6.04 Å². The van der Waals surface area contributed by atoms with Crippen molar-refractivity contribution in [3.63, 3.8) is 0 Å². The van der Waals surface area contributed by atoms with Crippen LogP contribution in [0.3, 0.4) is 0 Å². The van der Waals surface area contributed by atoms with E-state index in [2.05, 4.69) is 53.9 Å². The van der Waals surface area contributed by atoms with Gasteiger partial charge in [-0.3, -0.25) is 4.99 Å². The highest BCUT2D eigenvalue weighted by Crippen LogP contribution is 2.07. The average molecular weight is 457 g/mol. The van der Waals surface area contributed by atoms with Gasteiger partial charge in [0.15, 0.2) is 5.96 Å². The number of imidazole rings is 1. The Kier molecular flexibility index (Phi) is 9.85. The van der Waals surface area contributed by atoms with E-state index in [1.54, 1.807) is 0 Å². The van der Waals surface area contributed by atoms with Gasteiger partial charge in [0.05, 0.1) is 5.69 Å². The van der Waals surface area contributed by atoms with Gasteiger partial charge in [-0.05, 0) is 44.7 Å². The van der Waals surface area contributed by atoms with Crippen LogP contribution in [0.25, 0.3) is 5.65 Å². The van der Waals surface area contributed by atoms with E-state index in [4.69, 9.17) is 4.99 Å². The standard InChI is InChI=1S/C19H31N5.HI/c1-5-20-19(22-16(4)10-9-15(2)3)21-12-11-17-14-24-13-7-6-8-18(24)23-17;/h6-8,13-16H,5,9-12H2,1-4H3,(H2,20,21,22);1H. The molecule has 1 atom stereocenters. The molecule has 0 aliphatic heterocycles. The first-order valence-electron chi connectivity index (χ1n) is 9.06. The number of nitrogens with one attached hydrogen (secondary N) is 2. The zero-order valence-corrected chi connectivity index (χ0v) is 18.2. The van der Waals surface area contributed by atoms with Crippen molar-refractivity contribution in [1.82, 2.24) is 20.0 Å². The minimum atomic E-state index is 0. The fourth-order valence-corrected chi connectivity index (χ4v) is 2.60. The molecule has 2 N–H and O–H groups in total. The van der Waals surface area contributed by atoms with Crippen LogP contribution in [0, 0.1) is 5.92 Å². The van der Waals surface area contributed by atoms with Crippen LogP contribution in [0.5, 0.6) is 0 Å². The van der Waals surface area contributed by atoms with Crippen molar-refractivity contribution in [2.45, 2.75) is 53.0 Å². The molecule has 0 saturated heterocycles. The van der Waals surface area contributed by atoms with Gasteiger partial charge in [0.2, 0.25) is 0 Å². The molecule has 6 heteroatoms. The molecule has 5 nitrogen and oxygen atoms in total. The molecule has 2 aromatic heterocycles. The number of guanidine groups is 1. The molecule has 2 rings (SSSR count). The molecule has 0 spiro atoms. The zero-order chi connectivity index (χ0) is 17.4. The molecule has 140 valence electrons. The molecule has 0 radical (unpaired) electrons. The Morgan fingerprint density at radius 2 is 2.04 bits per heavy atom. The van der Waals surface area contributed by atoms with Gasteiger partial charge in [0, 0.05) is 37.9 Å². The van der Waals surface area contributed by atoms with E-state index in [0.717, 1.165) is 49.1 Å². The molecule has 0 amide bonds. The summed E-state index contributed by atoms with van der Waals surface area (Å²) in [5.41, 5.74) is 2.07. The fourth-order valence-electron chi connectivity index (χ4n) is 2.60. The van der Waals surface area contributed by atoms with Gasteiger partial charge in [0.1, 0.15) is 5.65 Å². The number of aliphatic imine (C=N–C) groups is 1.